The number of nitrogens with zero attached hydrogens (tertiary/aromatic N) is 2. The second kappa shape index (κ2) is 6.27. The number of hydrogen-bond acceptors (Lipinski definition) is 5. The Balaban J connectivity index is 1.75. The van der Waals surface area contributed by atoms with Crippen LogP contribution in [0.5, 0.6) is 0 Å². The average molecular weight is 281 g/mol. The van der Waals surface area contributed by atoms with Gasteiger partial charge in [-0.25, -0.2) is 0 Å². The zero-order valence-corrected chi connectivity index (χ0v) is 12.4. The van der Waals surface area contributed by atoms with E-state index in [-0.39, 0.29) is 0 Å². The van der Waals surface area contributed by atoms with Crippen LogP contribution in [0.2, 0.25) is 0 Å². The van der Waals surface area contributed by atoms with Crippen LogP contribution in [0, 0.1) is 0 Å². The van der Waals surface area contributed by atoms with Gasteiger partial charge in [-0.15, -0.1) is 0 Å². The number of rotatable bonds is 3. The molecule has 1 aromatic rings. The van der Waals surface area contributed by atoms with Gasteiger partial charge in [-0.3, -0.25) is 0 Å². The lowest BCUT2D eigenvalue weighted by atomic mass is 9.95. The van der Waals surface area contributed by atoms with Crippen molar-refractivity contribution in [3.63, 3.8) is 0 Å². The van der Waals surface area contributed by atoms with E-state index < -0.39 is 0 Å². The number of aromatic nitrogens is 2. The Morgan fingerprint density at radius 3 is 2.84 bits per heavy atom. The van der Waals surface area contributed by atoms with Crippen LogP contribution in [0.4, 0.5) is 0 Å². The van der Waals surface area contributed by atoms with Crippen molar-refractivity contribution in [1.29, 1.82) is 0 Å². The van der Waals surface area contributed by atoms with Crippen LogP contribution in [0.3, 0.4) is 0 Å². The summed E-state index contributed by atoms with van der Waals surface area (Å²) in [5, 5.41) is 8.15. The third-order valence-corrected chi connectivity index (χ3v) is 5.75. The van der Waals surface area contributed by atoms with Gasteiger partial charge in [0.2, 0.25) is 5.89 Å². The molecule has 1 saturated carbocycles. The molecule has 19 heavy (non-hydrogen) atoms. The summed E-state index contributed by atoms with van der Waals surface area (Å²) in [5.74, 6) is 3.43. The Kier molecular flexibility index (Phi) is 4.43. The van der Waals surface area contributed by atoms with Gasteiger partial charge in [-0.1, -0.05) is 24.4 Å². The maximum absolute atomic E-state index is 5.59. The van der Waals surface area contributed by atoms with E-state index in [2.05, 4.69) is 10.5 Å². The standard InChI is InChI=1S/C14H23N3OS/c1-15-11-7-4-2-3-6-10(11)14-16-13(17-18-14)12-8-5-9-19-12/h10-12,15H,2-9H2,1H3. The highest BCUT2D eigenvalue weighted by atomic mass is 32.2. The van der Waals surface area contributed by atoms with Gasteiger partial charge >= 0.3 is 0 Å². The van der Waals surface area contributed by atoms with Gasteiger partial charge in [0.25, 0.3) is 0 Å². The van der Waals surface area contributed by atoms with Gasteiger partial charge in [0.05, 0.1) is 11.2 Å². The van der Waals surface area contributed by atoms with Crippen molar-refractivity contribution in [2.75, 3.05) is 12.8 Å². The first-order valence-electron chi connectivity index (χ1n) is 7.51. The first kappa shape index (κ1) is 13.4. The van der Waals surface area contributed by atoms with Crippen LogP contribution in [-0.4, -0.2) is 29.0 Å². The van der Waals surface area contributed by atoms with E-state index in [9.17, 15) is 0 Å². The minimum Gasteiger partial charge on any atom is -0.339 e. The predicted octanol–water partition coefficient (Wildman–Crippen LogP) is 3.27. The summed E-state index contributed by atoms with van der Waals surface area (Å²) in [4.78, 5) is 4.72. The van der Waals surface area contributed by atoms with Gasteiger partial charge < -0.3 is 9.84 Å². The van der Waals surface area contributed by atoms with Crippen molar-refractivity contribution >= 4 is 11.8 Å². The number of thioether (sulfide) groups is 1. The first-order valence-corrected chi connectivity index (χ1v) is 8.55. The molecule has 1 aliphatic carbocycles. The zero-order chi connectivity index (χ0) is 13.1. The fraction of sp³-hybridized carbons (Fsp3) is 0.857. The quantitative estimate of drug-likeness (QED) is 0.862. The molecular formula is C14H23N3OS. The lowest BCUT2D eigenvalue weighted by molar-refractivity contribution is 0.309. The fourth-order valence-electron chi connectivity index (χ4n) is 3.26. The van der Waals surface area contributed by atoms with E-state index in [1.807, 2.05) is 18.8 Å². The topological polar surface area (TPSA) is 51.0 Å². The third kappa shape index (κ3) is 2.97. The molecule has 3 rings (SSSR count). The molecule has 3 atom stereocenters. The summed E-state index contributed by atoms with van der Waals surface area (Å²) < 4.78 is 5.59. The van der Waals surface area contributed by atoms with Gasteiger partial charge in [0, 0.05) is 6.04 Å². The molecule has 5 heteroatoms. The van der Waals surface area contributed by atoms with Crippen LogP contribution in [0.15, 0.2) is 4.52 Å². The lowest BCUT2D eigenvalue weighted by Crippen LogP contribution is -2.31. The summed E-state index contributed by atoms with van der Waals surface area (Å²) >= 11 is 1.97. The Morgan fingerprint density at radius 2 is 2.05 bits per heavy atom. The van der Waals surface area contributed by atoms with Crippen LogP contribution in [0.25, 0.3) is 0 Å². The molecule has 0 amide bonds. The number of nitrogens with one attached hydrogen (secondary N) is 1. The minimum atomic E-state index is 0.403. The molecule has 4 nitrogen and oxygen atoms in total. The van der Waals surface area contributed by atoms with Crippen molar-refractivity contribution in [3.05, 3.63) is 11.7 Å². The Morgan fingerprint density at radius 1 is 1.16 bits per heavy atom. The third-order valence-electron chi connectivity index (χ3n) is 4.38. The predicted molar refractivity (Wildman–Crippen MR) is 77.4 cm³/mol. The molecule has 1 saturated heterocycles. The molecule has 1 aliphatic heterocycles. The smallest absolute Gasteiger partial charge is 0.231 e. The highest BCUT2D eigenvalue weighted by Crippen LogP contribution is 2.39. The Hall–Kier alpha value is -0.550. The van der Waals surface area contributed by atoms with Gasteiger partial charge in [0.15, 0.2) is 5.82 Å². The molecule has 3 unspecified atom stereocenters. The van der Waals surface area contributed by atoms with Crippen molar-refractivity contribution < 1.29 is 4.52 Å². The van der Waals surface area contributed by atoms with E-state index >= 15 is 0 Å². The molecule has 1 N–H and O–H groups in total. The highest BCUT2D eigenvalue weighted by molar-refractivity contribution is 7.99. The summed E-state index contributed by atoms with van der Waals surface area (Å²) in [7, 11) is 2.05. The first-order chi connectivity index (χ1) is 9.38. The van der Waals surface area contributed by atoms with E-state index in [1.165, 1.54) is 50.7 Å². The fourth-order valence-corrected chi connectivity index (χ4v) is 4.45. The van der Waals surface area contributed by atoms with Crippen molar-refractivity contribution in [2.45, 2.75) is 62.2 Å². The molecule has 0 radical (unpaired) electrons. The van der Waals surface area contributed by atoms with E-state index in [0.29, 0.717) is 17.2 Å². The molecular weight excluding hydrogens is 258 g/mol. The normalized spacial score (nSPS) is 32.4. The number of likely N-dealkylation sites (N-methyl/N-ethyl adjacent to an activating group) is 1. The zero-order valence-electron chi connectivity index (χ0n) is 11.6. The van der Waals surface area contributed by atoms with Gasteiger partial charge in [0.1, 0.15) is 0 Å². The molecule has 2 heterocycles. The summed E-state index contributed by atoms with van der Waals surface area (Å²) in [6.45, 7) is 0. The molecule has 2 aliphatic rings. The van der Waals surface area contributed by atoms with E-state index in [0.717, 1.165) is 11.7 Å². The van der Waals surface area contributed by atoms with Crippen molar-refractivity contribution in [2.24, 2.45) is 0 Å². The molecule has 0 spiro atoms. The molecule has 2 fully saturated rings. The van der Waals surface area contributed by atoms with Crippen LogP contribution >= 0.6 is 11.8 Å². The second-order valence-corrected chi connectivity index (χ2v) is 6.94. The Labute approximate surface area is 119 Å². The van der Waals surface area contributed by atoms with Crippen molar-refractivity contribution in [1.82, 2.24) is 15.5 Å². The molecule has 106 valence electrons. The summed E-state index contributed by atoms with van der Waals surface area (Å²) in [5.41, 5.74) is 0. The van der Waals surface area contributed by atoms with Crippen LogP contribution < -0.4 is 5.32 Å². The Bertz CT molecular complexity index is 403. The largest absolute Gasteiger partial charge is 0.339 e. The molecule has 0 aromatic carbocycles. The SMILES string of the molecule is CNC1CCCCCC1c1nc(C2CCCS2)no1. The number of hydrogen-bond donors (Lipinski definition) is 1. The van der Waals surface area contributed by atoms with Gasteiger partial charge in [-0.05, 0) is 38.5 Å². The van der Waals surface area contributed by atoms with Gasteiger partial charge in [-0.2, -0.15) is 16.7 Å². The summed E-state index contributed by atoms with van der Waals surface area (Å²) in [6, 6.07) is 0.493. The maximum Gasteiger partial charge on any atom is 0.231 e. The second-order valence-electron chi connectivity index (χ2n) is 5.63. The van der Waals surface area contributed by atoms with E-state index in [4.69, 9.17) is 9.51 Å². The average Bonchev–Trinajstić information content (AvgIpc) is 3.05. The molecule has 1 aromatic heterocycles. The monoisotopic (exact) mass is 281 g/mol. The molecule has 0 bridgehead atoms. The van der Waals surface area contributed by atoms with Crippen LogP contribution in [0.1, 0.15) is 67.8 Å². The summed E-state index contributed by atoms with van der Waals surface area (Å²) in [6.07, 6.45) is 8.78. The highest BCUT2D eigenvalue weighted by Gasteiger charge is 2.30. The lowest BCUT2D eigenvalue weighted by Gasteiger charge is -2.21. The van der Waals surface area contributed by atoms with E-state index in [1.54, 1.807) is 0 Å². The minimum absolute atomic E-state index is 0.403. The van der Waals surface area contributed by atoms with Crippen LogP contribution in [-0.2, 0) is 0 Å². The maximum atomic E-state index is 5.59. The van der Waals surface area contributed by atoms with Crippen molar-refractivity contribution in [3.8, 4) is 0 Å².